The van der Waals surface area contributed by atoms with Gasteiger partial charge in [0.25, 0.3) is 0 Å². The van der Waals surface area contributed by atoms with Crippen molar-refractivity contribution < 1.29 is 14.3 Å². The molecule has 0 saturated carbocycles. The van der Waals surface area contributed by atoms with Crippen LogP contribution < -0.4 is 4.74 Å². The summed E-state index contributed by atoms with van der Waals surface area (Å²) < 4.78 is 5.61. The minimum atomic E-state index is -0.889. The Hall–Kier alpha value is -2.71. The van der Waals surface area contributed by atoms with Gasteiger partial charge in [-0.25, -0.2) is 4.98 Å². The van der Waals surface area contributed by atoms with Gasteiger partial charge in [-0.05, 0) is 64.4 Å². The average Bonchev–Trinajstić information content (AvgIpc) is 3.28. The summed E-state index contributed by atoms with van der Waals surface area (Å²) in [6.45, 7) is 10.3. The second kappa shape index (κ2) is 9.50. The van der Waals surface area contributed by atoms with E-state index in [0.717, 1.165) is 30.1 Å². The first-order valence-corrected chi connectivity index (χ1v) is 12.9. The monoisotopic (exact) mass is 480 g/mol. The minimum absolute atomic E-state index is 0.0844. The highest BCUT2D eigenvalue weighted by Crippen LogP contribution is 2.42. The Balaban J connectivity index is 1.83. The Kier molecular flexibility index (Phi) is 6.82. The molecule has 0 amide bonds. The Morgan fingerprint density at radius 2 is 1.94 bits per heavy atom. The van der Waals surface area contributed by atoms with Gasteiger partial charge in [-0.15, -0.1) is 11.8 Å². The SMILES string of the molecule is CCN(CC)CCC1C(=O)c2[nH]c(-c3ccc(SC)cc3OC)nc2C2=C1C(=O)C(C)(C)N=C2. The van der Waals surface area contributed by atoms with Crippen molar-refractivity contribution in [3.8, 4) is 17.1 Å². The van der Waals surface area contributed by atoms with Crippen molar-refractivity contribution in [1.82, 2.24) is 14.9 Å². The van der Waals surface area contributed by atoms with Gasteiger partial charge < -0.3 is 14.6 Å². The van der Waals surface area contributed by atoms with Crippen molar-refractivity contribution in [1.29, 1.82) is 0 Å². The maximum absolute atomic E-state index is 13.8. The van der Waals surface area contributed by atoms with Crippen LogP contribution in [0.3, 0.4) is 0 Å². The van der Waals surface area contributed by atoms with Crippen LogP contribution in [0.2, 0.25) is 0 Å². The number of methoxy groups -OCH3 is 1. The Morgan fingerprint density at radius 1 is 1.21 bits per heavy atom. The van der Waals surface area contributed by atoms with Crippen molar-refractivity contribution in [2.45, 2.75) is 44.6 Å². The van der Waals surface area contributed by atoms with Gasteiger partial charge in [-0.1, -0.05) is 13.8 Å². The number of benzene rings is 1. The first-order chi connectivity index (χ1) is 16.2. The number of carbonyl (C=O) groups is 2. The molecule has 1 aliphatic heterocycles. The molecule has 2 aliphatic rings. The standard InChI is InChI=1S/C26H32N4O3S/c1-7-30(8-2)12-11-17-20-18(14-27-26(3,4)24(20)32)21-22(23(17)31)29-25(28-21)16-10-9-15(34-6)13-19(16)33-5/h9-10,13-14,17H,7-8,11-12H2,1-6H3,(H,28,29). The number of allylic oxidation sites excluding steroid dienone is 1. The lowest BCUT2D eigenvalue weighted by Gasteiger charge is -2.33. The second-order valence-electron chi connectivity index (χ2n) is 9.08. The van der Waals surface area contributed by atoms with Crippen LogP contribution in [0.5, 0.6) is 5.75 Å². The first kappa shape index (κ1) is 24.4. The Labute approximate surface area is 205 Å². The number of hydrogen-bond donors (Lipinski definition) is 1. The van der Waals surface area contributed by atoms with Gasteiger partial charge in [-0.3, -0.25) is 14.6 Å². The Bertz CT molecular complexity index is 1190. The Morgan fingerprint density at radius 3 is 2.59 bits per heavy atom. The van der Waals surface area contributed by atoms with Gasteiger partial charge in [-0.2, -0.15) is 0 Å². The molecule has 0 saturated heterocycles. The number of fused-ring (bicyclic) bond motifs is 2. The molecule has 0 radical (unpaired) electrons. The van der Waals surface area contributed by atoms with Crippen LogP contribution >= 0.6 is 11.8 Å². The van der Waals surface area contributed by atoms with Crippen molar-refractivity contribution in [2.75, 3.05) is 33.0 Å². The van der Waals surface area contributed by atoms with Gasteiger partial charge in [0.1, 0.15) is 28.5 Å². The number of rotatable bonds is 8. The summed E-state index contributed by atoms with van der Waals surface area (Å²) in [5.74, 6) is 0.520. The van der Waals surface area contributed by atoms with Gasteiger partial charge in [0.05, 0.1) is 18.6 Å². The van der Waals surface area contributed by atoms with E-state index in [1.165, 1.54) is 0 Å². The van der Waals surface area contributed by atoms with Gasteiger partial charge >= 0.3 is 0 Å². The summed E-state index contributed by atoms with van der Waals surface area (Å²) in [5, 5.41) is 0. The van der Waals surface area contributed by atoms with E-state index < -0.39 is 11.5 Å². The molecule has 7 nitrogen and oxygen atoms in total. The molecule has 8 heteroatoms. The number of carbonyl (C=O) groups excluding carboxylic acids is 2. The fraction of sp³-hybridized carbons (Fsp3) is 0.462. The number of aliphatic imine (C=N–C) groups is 1. The molecule has 1 N–H and O–H groups in total. The molecular formula is C26H32N4O3S. The summed E-state index contributed by atoms with van der Waals surface area (Å²) in [6.07, 6.45) is 4.31. The quantitative estimate of drug-likeness (QED) is 0.558. The largest absolute Gasteiger partial charge is 0.496 e. The fourth-order valence-corrected chi connectivity index (χ4v) is 5.07. The highest BCUT2D eigenvalue weighted by Gasteiger charge is 2.45. The normalized spacial score (nSPS) is 19.0. The van der Waals surface area contributed by atoms with Crippen LogP contribution in [0.1, 0.15) is 50.3 Å². The van der Waals surface area contributed by atoms with Crippen molar-refractivity contribution in [3.05, 3.63) is 35.2 Å². The number of hydrogen-bond acceptors (Lipinski definition) is 7. The molecule has 0 fully saturated rings. The summed E-state index contributed by atoms with van der Waals surface area (Å²) in [6, 6.07) is 5.89. The number of H-pyrrole nitrogens is 1. The zero-order valence-electron chi connectivity index (χ0n) is 20.7. The smallest absolute Gasteiger partial charge is 0.188 e. The van der Waals surface area contributed by atoms with E-state index in [-0.39, 0.29) is 11.6 Å². The summed E-state index contributed by atoms with van der Waals surface area (Å²) in [5.41, 5.74) is 2.02. The lowest BCUT2D eigenvalue weighted by molar-refractivity contribution is -0.119. The third-order valence-corrected chi connectivity index (χ3v) is 7.49. The molecule has 1 aromatic heterocycles. The second-order valence-corrected chi connectivity index (χ2v) is 9.96. The van der Waals surface area contributed by atoms with E-state index >= 15 is 0 Å². The third-order valence-electron chi connectivity index (χ3n) is 6.77. The molecule has 2 aromatic rings. The first-order valence-electron chi connectivity index (χ1n) is 11.7. The summed E-state index contributed by atoms with van der Waals surface area (Å²) >= 11 is 1.63. The number of nitrogens with one attached hydrogen (secondary N) is 1. The number of ketones is 2. The lowest BCUT2D eigenvalue weighted by atomic mass is 9.73. The summed E-state index contributed by atoms with van der Waals surface area (Å²) in [4.78, 5) is 43.1. The number of aromatic nitrogens is 2. The average molecular weight is 481 g/mol. The van der Waals surface area contributed by atoms with Crippen molar-refractivity contribution >= 4 is 35.1 Å². The van der Waals surface area contributed by atoms with Gasteiger partial charge in [0.15, 0.2) is 11.6 Å². The molecule has 34 heavy (non-hydrogen) atoms. The predicted octanol–water partition coefficient (Wildman–Crippen LogP) is 4.54. The number of imidazole rings is 1. The fourth-order valence-electron chi connectivity index (χ4n) is 4.64. The molecule has 1 atom stereocenters. The van der Waals surface area contributed by atoms with Crippen LogP contribution in [0, 0.1) is 5.92 Å². The lowest BCUT2D eigenvalue weighted by Crippen LogP contribution is -2.41. The van der Waals surface area contributed by atoms with E-state index in [4.69, 9.17) is 9.72 Å². The van der Waals surface area contributed by atoms with Gasteiger partial charge in [0.2, 0.25) is 0 Å². The number of ether oxygens (including phenoxy) is 1. The number of dihydropyridines is 1. The molecule has 0 spiro atoms. The molecule has 4 rings (SSSR count). The van der Waals surface area contributed by atoms with E-state index in [2.05, 4.69) is 28.7 Å². The molecule has 0 bridgehead atoms. The molecule has 1 aromatic carbocycles. The number of aromatic amines is 1. The molecule has 1 unspecified atom stereocenters. The van der Waals surface area contributed by atoms with E-state index in [1.54, 1.807) is 38.9 Å². The summed E-state index contributed by atoms with van der Waals surface area (Å²) in [7, 11) is 1.62. The number of Topliss-reactive ketones (excluding diaryl/α,β-unsaturated/α-hetero) is 2. The van der Waals surface area contributed by atoms with Crippen molar-refractivity contribution in [2.24, 2.45) is 10.9 Å². The van der Waals surface area contributed by atoms with E-state index in [9.17, 15) is 9.59 Å². The van der Waals surface area contributed by atoms with Crippen LogP contribution in [-0.4, -0.2) is 71.2 Å². The van der Waals surface area contributed by atoms with Crippen molar-refractivity contribution in [3.63, 3.8) is 0 Å². The topological polar surface area (TPSA) is 87.6 Å². The zero-order valence-corrected chi connectivity index (χ0v) is 21.5. The molecule has 2 heterocycles. The zero-order chi connectivity index (χ0) is 24.6. The maximum Gasteiger partial charge on any atom is 0.188 e. The van der Waals surface area contributed by atoms with Crippen LogP contribution in [0.15, 0.2) is 33.7 Å². The van der Waals surface area contributed by atoms with E-state index in [0.29, 0.717) is 40.5 Å². The highest BCUT2D eigenvalue weighted by atomic mass is 32.2. The molecular weight excluding hydrogens is 448 g/mol. The number of thioether (sulfide) groups is 1. The van der Waals surface area contributed by atoms with Gasteiger partial charge in [0, 0.05) is 22.3 Å². The molecule has 1 aliphatic carbocycles. The van der Waals surface area contributed by atoms with E-state index in [1.807, 2.05) is 24.5 Å². The number of nitrogens with zero attached hydrogens (tertiary/aromatic N) is 3. The molecule has 180 valence electrons. The van der Waals surface area contributed by atoms with Crippen LogP contribution in [0.4, 0.5) is 0 Å². The third kappa shape index (κ3) is 4.14. The highest BCUT2D eigenvalue weighted by molar-refractivity contribution is 7.98. The maximum atomic E-state index is 13.8. The minimum Gasteiger partial charge on any atom is -0.496 e. The van der Waals surface area contributed by atoms with Crippen LogP contribution in [0.25, 0.3) is 17.0 Å². The predicted molar refractivity (Wildman–Crippen MR) is 137 cm³/mol. The van der Waals surface area contributed by atoms with Crippen LogP contribution in [-0.2, 0) is 4.79 Å².